The molecule has 4 nitrogen and oxygen atoms in total. The van der Waals surface area contributed by atoms with Crippen LogP contribution in [-0.4, -0.2) is 19.1 Å². The number of fused-ring (bicyclic) bond motifs is 1. The molecule has 26 heavy (non-hydrogen) atoms. The Morgan fingerprint density at radius 2 is 1.85 bits per heavy atom. The highest BCUT2D eigenvalue weighted by Crippen LogP contribution is 2.24. The fourth-order valence-corrected chi connectivity index (χ4v) is 4.32. The van der Waals surface area contributed by atoms with Gasteiger partial charge >= 0.3 is 0 Å². The number of aliphatic imine (C=N–C) groups is 1. The molecule has 0 spiro atoms. The van der Waals surface area contributed by atoms with Gasteiger partial charge in [-0.3, -0.25) is 9.98 Å². The van der Waals surface area contributed by atoms with E-state index < -0.39 is 9.84 Å². The standard InChI is InChI=1S/C20H15FN2O2S/c21-17-7-8-19-16(10-17)11-23-20(19)15-5-3-14(4-6-15)13-26(24,25)18-2-1-9-22-12-18/h1-10,12H,11,13H2. The van der Waals surface area contributed by atoms with Crippen molar-refractivity contribution in [3.63, 3.8) is 0 Å². The highest BCUT2D eigenvalue weighted by Gasteiger charge is 2.19. The maximum Gasteiger partial charge on any atom is 0.184 e. The van der Waals surface area contributed by atoms with Crippen molar-refractivity contribution in [2.75, 3.05) is 0 Å². The molecule has 1 aromatic heterocycles. The molecule has 3 aromatic rings. The molecule has 0 aliphatic carbocycles. The third kappa shape index (κ3) is 3.15. The lowest BCUT2D eigenvalue weighted by Gasteiger charge is -2.07. The number of hydrogen-bond acceptors (Lipinski definition) is 4. The fraction of sp³-hybridized carbons (Fsp3) is 0.100. The Balaban J connectivity index is 1.57. The quantitative estimate of drug-likeness (QED) is 0.710. The van der Waals surface area contributed by atoms with Gasteiger partial charge in [-0.05, 0) is 41.5 Å². The molecule has 0 unspecified atom stereocenters. The Morgan fingerprint density at radius 1 is 1.04 bits per heavy atom. The lowest BCUT2D eigenvalue weighted by molar-refractivity contribution is 0.595. The van der Waals surface area contributed by atoms with Crippen LogP contribution in [0.3, 0.4) is 0 Å². The van der Waals surface area contributed by atoms with Gasteiger partial charge < -0.3 is 0 Å². The fourth-order valence-electron chi connectivity index (χ4n) is 3.01. The van der Waals surface area contributed by atoms with Crippen molar-refractivity contribution in [3.8, 4) is 0 Å². The first-order valence-electron chi connectivity index (χ1n) is 8.08. The maximum atomic E-state index is 13.3. The predicted molar refractivity (Wildman–Crippen MR) is 97.3 cm³/mol. The van der Waals surface area contributed by atoms with Gasteiger partial charge in [-0.1, -0.05) is 24.3 Å². The summed E-state index contributed by atoms with van der Waals surface area (Å²) in [7, 11) is -3.43. The first kappa shape index (κ1) is 16.6. The van der Waals surface area contributed by atoms with Gasteiger partial charge in [-0.25, -0.2) is 12.8 Å². The summed E-state index contributed by atoms with van der Waals surface area (Å²) in [4.78, 5) is 8.56. The first-order chi connectivity index (χ1) is 12.5. The number of hydrogen-bond donors (Lipinski definition) is 0. The second kappa shape index (κ2) is 6.46. The van der Waals surface area contributed by atoms with Gasteiger partial charge in [0.05, 0.1) is 22.9 Å². The zero-order valence-electron chi connectivity index (χ0n) is 13.8. The van der Waals surface area contributed by atoms with Gasteiger partial charge in [0.1, 0.15) is 5.82 Å². The third-order valence-corrected chi connectivity index (χ3v) is 5.98. The van der Waals surface area contributed by atoms with Crippen molar-refractivity contribution in [2.24, 2.45) is 4.99 Å². The number of rotatable bonds is 4. The minimum absolute atomic E-state index is 0.0900. The largest absolute Gasteiger partial charge is 0.279 e. The average Bonchev–Trinajstić information content (AvgIpc) is 3.06. The van der Waals surface area contributed by atoms with Crippen molar-refractivity contribution < 1.29 is 12.8 Å². The van der Waals surface area contributed by atoms with E-state index in [1.807, 2.05) is 12.1 Å². The Labute approximate surface area is 151 Å². The summed E-state index contributed by atoms with van der Waals surface area (Å²) >= 11 is 0. The number of sulfone groups is 1. The number of benzene rings is 2. The topological polar surface area (TPSA) is 59.4 Å². The monoisotopic (exact) mass is 366 g/mol. The van der Waals surface area contributed by atoms with Gasteiger partial charge in [-0.2, -0.15) is 0 Å². The summed E-state index contributed by atoms with van der Waals surface area (Å²) in [5.74, 6) is -0.357. The Morgan fingerprint density at radius 3 is 2.58 bits per heavy atom. The summed E-state index contributed by atoms with van der Waals surface area (Å²) in [6.07, 6.45) is 2.90. The molecule has 6 heteroatoms. The minimum atomic E-state index is -3.43. The molecule has 0 N–H and O–H groups in total. The van der Waals surface area contributed by atoms with Gasteiger partial charge in [0.15, 0.2) is 9.84 Å². The number of halogens is 1. The van der Waals surface area contributed by atoms with E-state index in [0.717, 1.165) is 22.4 Å². The predicted octanol–water partition coefficient (Wildman–Crippen LogP) is 3.55. The molecule has 4 rings (SSSR count). The lowest BCUT2D eigenvalue weighted by Crippen LogP contribution is -2.06. The Kier molecular flexibility index (Phi) is 4.12. The van der Waals surface area contributed by atoms with E-state index in [1.165, 1.54) is 18.3 Å². The Bertz CT molecular complexity index is 1090. The van der Waals surface area contributed by atoms with Crippen molar-refractivity contribution in [1.82, 2.24) is 4.98 Å². The number of pyridine rings is 1. The minimum Gasteiger partial charge on any atom is -0.279 e. The van der Waals surface area contributed by atoms with E-state index >= 15 is 0 Å². The maximum absolute atomic E-state index is 13.3. The van der Waals surface area contributed by atoms with Crippen LogP contribution in [0, 0.1) is 5.82 Å². The molecule has 1 aliphatic heterocycles. The van der Waals surface area contributed by atoms with E-state index in [-0.39, 0.29) is 16.5 Å². The van der Waals surface area contributed by atoms with Crippen LogP contribution < -0.4 is 0 Å². The molecule has 0 amide bonds. The van der Waals surface area contributed by atoms with E-state index in [0.29, 0.717) is 12.1 Å². The second-order valence-electron chi connectivity index (χ2n) is 6.11. The second-order valence-corrected chi connectivity index (χ2v) is 8.10. The summed E-state index contributed by atoms with van der Waals surface area (Å²) in [5, 5.41) is 0. The summed E-state index contributed by atoms with van der Waals surface area (Å²) in [6.45, 7) is 0.458. The van der Waals surface area contributed by atoms with E-state index in [2.05, 4.69) is 9.98 Å². The molecule has 0 fully saturated rings. The molecule has 1 aliphatic rings. The molecular formula is C20H15FN2O2S. The van der Waals surface area contributed by atoms with Gasteiger partial charge in [0.2, 0.25) is 0 Å². The van der Waals surface area contributed by atoms with Gasteiger partial charge in [0, 0.05) is 23.5 Å². The zero-order chi connectivity index (χ0) is 18.1. The number of nitrogens with zero attached hydrogens (tertiary/aromatic N) is 2. The molecule has 0 atom stereocenters. The van der Waals surface area contributed by atoms with Crippen LogP contribution in [-0.2, 0) is 22.1 Å². The summed E-state index contributed by atoms with van der Waals surface area (Å²) < 4.78 is 38.2. The van der Waals surface area contributed by atoms with Crippen LogP contribution in [0.5, 0.6) is 0 Å². The molecule has 2 aromatic carbocycles. The molecule has 0 saturated heterocycles. The smallest absolute Gasteiger partial charge is 0.184 e. The van der Waals surface area contributed by atoms with Crippen LogP contribution in [0.2, 0.25) is 0 Å². The van der Waals surface area contributed by atoms with Crippen molar-refractivity contribution >= 4 is 15.5 Å². The molecule has 0 saturated carbocycles. The number of aromatic nitrogens is 1. The third-order valence-electron chi connectivity index (χ3n) is 4.31. The summed E-state index contributed by atoms with van der Waals surface area (Å²) in [5.41, 5.74) is 4.17. The van der Waals surface area contributed by atoms with Gasteiger partial charge in [0.25, 0.3) is 0 Å². The van der Waals surface area contributed by atoms with E-state index in [1.54, 1.807) is 36.5 Å². The van der Waals surface area contributed by atoms with Crippen LogP contribution in [0.15, 0.2) is 76.9 Å². The normalized spacial score (nSPS) is 13.3. The molecular weight excluding hydrogens is 351 g/mol. The van der Waals surface area contributed by atoms with E-state index in [9.17, 15) is 12.8 Å². The Hall–Kier alpha value is -2.86. The average molecular weight is 366 g/mol. The van der Waals surface area contributed by atoms with Crippen LogP contribution in [0.1, 0.15) is 22.3 Å². The highest BCUT2D eigenvalue weighted by atomic mass is 32.2. The molecule has 2 heterocycles. The van der Waals surface area contributed by atoms with Crippen LogP contribution >= 0.6 is 0 Å². The van der Waals surface area contributed by atoms with Crippen molar-refractivity contribution in [1.29, 1.82) is 0 Å². The van der Waals surface area contributed by atoms with Crippen molar-refractivity contribution in [2.45, 2.75) is 17.2 Å². The summed E-state index contributed by atoms with van der Waals surface area (Å²) in [6, 6.07) is 15.1. The first-order valence-corrected chi connectivity index (χ1v) is 9.73. The van der Waals surface area contributed by atoms with Crippen LogP contribution in [0.25, 0.3) is 0 Å². The van der Waals surface area contributed by atoms with Gasteiger partial charge in [-0.15, -0.1) is 0 Å². The lowest BCUT2D eigenvalue weighted by atomic mass is 9.99. The zero-order valence-corrected chi connectivity index (χ0v) is 14.6. The molecule has 0 bridgehead atoms. The van der Waals surface area contributed by atoms with Crippen molar-refractivity contribution in [3.05, 3.63) is 95.1 Å². The highest BCUT2D eigenvalue weighted by molar-refractivity contribution is 7.90. The molecule has 130 valence electrons. The van der Waals surface area contributed by atoms with E-state index in [4.69, 9.17) is 0 Å². The molecule has 0 radical (unpaired) electrons. The SMILES string of the molecule is O=S(=O)(Cc1ccc(C2=NCc3cc(F)ccc32)cc1)c1cccnc1. The van der Waals surface area contributed by atoms with Crippen LogP contribution in [0.4, 0.5) is 4.39 Å².